The molecule has 0 saturated carbocycles. The molecule has 1 atom stereocenters. The van der Waals surface area contributed by atoms with E-state index in [0.29, 0.717) is 12.2 Å². The monoisotopic (exact) mass is 296 g/mol. The molecule has 1 heterocycles. The normalized spacial score (nSPS) is 12.9. The maximum absolute atomic E-state index is 13.7. The fraction of sp³-hybridized carbons (Fsp3) is 0.467. The van der Waals surface area contributed by atoms with Gasteiger partial charge in [0.15, 0.2) is 5.82 Å². The van der Waals surface area contributed by atoms with E-state index >= 15 is 0 Å². The van der Waals surface area contributed by atoms with Crippen molar-refractivity contribution in [3.05, 3.63) is 29.6 Å². The lowest BCUT2D eigenvalue weighted by Crippen LogP contribution is -2.19. The van der Waals surface area contributed by atoms with Gasteiger partial charge in [0, 0.05) is 6.07 Å². The van der Waals surface area contributed by atoms with Gasteiger partial charge in [-0.1, -0.05) is 13.8 Å². The number of aromatic amines is 1. The molecule has 1 aromatic carbocycles. The average molecular weight is 296 g/mol. The zero-order valence-electron chi connectivity index (χ0n) is 12.2. The fourth-order valence-electron chi connectivity index (χ4n) is 2.26. The Bertz CT molecular complexity index is 652. The van der Waals surface area contributed by atoms with Crippen LogP contribution in [-0.4, -0.2) is 22.5 Å². The molecule has 0 saturated heterocycles. The van der Waals surface area contributed by atoms with Gasteiger partial charge in [-0.15, -0.1) is 0 Å². The number of nitrogens with zero attached hydrogens (tertiary/aromatic N) is 1. The van der Waals surface area contributed by atoms with Gasteiger partial charge in [-0.2, -0.15) is 0 Å². The molecular formula is C15H18F2N2O2. The van der Waals surface area contributed by atoms with Crippen molar-refractivity contribution in [2.24, 2.45) is 5.92 Å². The summed E-state index contributed by atoms with van der Waals surface area (Å²) in [4.78, 5) is 19.0. The molecule has 0 bridgehead atoms. The third kappa shape index (κ3) is 3.37. The van der Waals surface area contributed by atoms with Gasteiger partial charge < -0.3 is 9.72 Å². The highest BCUT2D eigenvalue weighted by Gasteiger charge is 2.27. The van der Waals surface area contributed by atoms with Crippen molar-refractivity contribution in [1.82, 2.24) is 9.97 Å². The van der Waals surface area contributed by atoms with Crippen molar-refractivity contribution in [3.63, 3.8) is 0 Å². The molecule has 1 unspecified atom stereocenters. The maximum Gasteiger partial charge on any atom is 0.316 e. The lowest BCUT2D eigenvalue weighted by molar-refractivity contribution is -0.145. The van der Waals surface area contributed by atoms with Crippen molar-refractivity contribution in [2.75, 3.05) is 6.61 Å². The molecule has 0 aliphatic heterocycles. The number of esters is 1. The average Bonchev–Trinajstić information content (AvgIpc) is 2.79. The molecule has 0 amide bonds. The first kappa shape index (κ1) is 15.4. The van der Waals surface area contributed by atoms with Crippen LogP contribution >= 0.6 is 0 Å². The van der Waals surface area contributed by atoms with Gasteiger partial charge >= 0.3 is 5.97 Å². The van der Waals surface area contributed by atoms with Crippen LogP contribution in [0.2, 0.25) is 0 Å². The van der Waals surface area contributed by atoms with Gasteiger partial charge in [-0.05, 0) is 25.3 Å². The van der Waals surface area contributed by atoms with Crippen LogP contribution in [0, 0.1) is 17.6 Å². The first-order chi connectivity index (χ1) is 9.92. The Balaban J connectivity index is 2.44. The Morgan fingerprint density at radius 3 is 2.71 bits per heavy atom. The number of H-pyrrole nitrogens is 1. The zero-order valence-corrected chi connectivity index (χ0v) is 12.2. The topological polar surface area (TPSA) is 55.0 Å². The number of carbonyl (C=O) groups excluding carboxylic acids is 1. The van der Waals surface area contributed by atoms with E-state index in [4.69, 9.17) is 4.74 Å². The molecule has 0 aliphatic rings. The van der Waals surface area contributed by atoms with Crippen LogP contribution in [0.15, 0.2) is 12.1 Å². The van der Waals surface area contributed by atoms with E-state index in [-0.39, 0.29) is 23.6 Å². The van der Waals surface area contributed by atoms with Crippen molar-refractivity contribution in [2.45, 2.75) is 33.1 Å². The van der Waals surface area contributed by atoms with Crippen molar-refractivity contribution in [1.29, 1.82) is 0 Å². The fourth-order valence-corrected chi connectivity index (χ4v) is 2.26. The predicted octanol–water partition coefficient (Wildman–Crippen LogP) is 3.53. The van der Waals surface area contributed by atoms with Crippen LogP contribution in [0.3, 0.4) is 0 Å². The largest absolute Gasteiger partial charge is 0.465 e. The molecule has 1 aromatic heterocycles. The molecule has 0 spiro atoms. The number of rotatable bonds is 5. The molecule has 114 valence electrons. The smallest absolute Gasteiger partial charge is 0.316 e. The van der Waals surface area contributed by atoms with Crippen LogP contribution in [0.1, 0.15) is 38.9 Å². The maximum atomic E-state index is 13.7. The molecule has 2 rings (SSSR count). The molecule has 21 heavy (non-hydrogen) atoms. The van der Waals surface area contributed by atoms with Crippen LogP contribution in [0.4, 0.5) is 8.78 Å². The predicted molar refractivity (Wildman–Crippen MR) is 74.8 cm³/mol. The third-order valence-corrected chi connectivity index (χ3v) is 3.13. The van der Waals surface area contributed by atoms with E-state index in [1.165, 1.54) is 0 Å². The van der Waals surface area contributed by atoms with Crippen LogP contribution in [0.25, 0.3) is 11.0 Å². The summed E-state index contributed by atoms with van der Waals surface area (Å²) >= 11 is 0. The van der Waals surface area contributed by atoms with Gasteiger partial charge in [-0.25, -0.2) is 13.8 Å². The van der Waals surface area contributed by atoms with Gasteiger partial charge in [0.05, 0.1) is 12.1 Å². The van der Waals surface area contributed by atoms with E-state index in [1.807, 2.05) is 13.8 Å². The summed E-state index contributed by atoms with van der Waals surface area (Å²) in [6.45, 7) is 5.92. The highest BCUT2D eigenvalue weighted by molar-refractivity contribution is 5.81. The number of aromatic nitrogens is 2. The van der Waals surface area contributed by atoms with E-state index in [9.17, 15) is 13.6 Å². The Kier molecular flexibility index (Phi) is 4.55. The Morgan fingerprint density at radius 1 is 1.38 bits per heavy atom. The second-order valence-corrected chi connectivity index (χ2v) is 5.34. The summed E-state index contributed by atoms with van der Waals surface area (Å²) in [6.07, 6.45) is 0.517. The quantitative estimate of drug-likeness (QED) is 0.859. The second kappa shape index (κ2) is 6.20. The van der Waals surface area contributed by atoms with Gasteiger partial charge in [0.2, 0.25) is 0 Å². The molecule has 0 aliphatic carbocycles. The summed E-state index contributed by atoms with van der Waals surface area (Å²) in [5.41, 5.74) is 0.269. The number of halogens is 2. The van der Waals surface area contributed by atoms with Gasteiger partial charge in [0.1, 0.15) is 23.1 Å². The Morgan fingerprint density at radius 2 is 2.10 bits per heavy atom. The minimum Gasteiger partial charge on any atom is -0.465 e. The SMILES string of the molecule is CCOC(=O)C(CC(C)C)c1nc2c(F)cc(F)cc2[nH]1. The lowest BCUT2D eigenvalue weighted by Gasteiger charge is -2.15. The van der Waals surface area contributed by atoms with Gasteiger partial charge in [0.25, 0.3) is 0 Å². The highest BCUT2D eigenvalue weighted by Crippen LogP contribution is 2.26. The van der Waals surface area contributed by atoms with E-state index in [1.54, 1.807) is 6.92 Å². The number of ether oxygens (including phenoxy) is 1. The number of benzene rings is 1. The molecule has 0 fully saturated rings. The Hall–Kier alpha value is -1.98. The molecule has 2 aromatic rings. The van der Waals surface area contributed by atoms with E-state index in [2.05, 4.69) is 9.97 Å². The second-order valence-electron chi connectivity index (χ2n) is 5.34. The van der Waals surface area contributed by atoms with Crippen molar-refractivity contribution < 1.29 is 18.3 Å². The van der Waals surface area contributed by atoms with E-state index in [0.717, 1.165) is 12.1 Å². The lowest BCUT2D eigenvalue weighted by atomic mass is 9.96. The summed E-state index contributed by atoms with van der Waals surface area (Å²) in [5.74, 6) is -1.92. The highest BCUT2D eigenvalue weighted by atomic mass is 19.1. The van der Waals surface area contributed by atoms with Crippen LogP contribution in [-0.2, 0) is 9.53 Å². The number of carbonyl (C=O) groups is 1. The van der Waals surface area contributed by atoms with Crippen molar-refractivity contribution in [3.8, 4) is 0 Å². The summed E-state index contributed by atoms with van der Waals surface area (Å²) in [6, 6.07) is 1.93. The number of hydrogen-bond donors (Lipinski definition) is 1. The molecule has 4 nitrogen and oxygen atoms in total. The first-order valence-electron chi connectivity index (χ1n) is 6.93. The minimum absolute atomic E-state index is 0.0319. The summed E-state index contributed by atoms with van der Waals surface area (Å²) < 4.78 is 32.0. The number of fused-ring (bicyclic) bond motifs is 1. The molecule has 0 radical (unpaired) electrons. The number of imidazole rings is 1. The van der Waals surface area contributed by atoms with Gasteiger partial charge in [-0.3, -0.25) is 4.79 Å². The zero-order chi connectivity index (χ0) is 15.6. The van der Waals surface area contributed by atoms with Crippen LogP contribution in [0.5, 0.6) is 0 Å². The van der Waals surface area contributed by atoms with Crippen molar-refractivity contribution >= 4 is 17.0 Å². The minimum atomic E-state index is -0.750. The number of nitrogens with one attached hydrogen (secondary N) is 1. The summed E-state index contributed by atoms with van der Waals surface area (Å²) in [7, 11) is 0. The standard InChI is InChI=1S/C15H18F2N2O2/c1-4-21-15(20)10(5-8(2)3)14-18-12-7-9(16)6-11(17)13(12)19-14/h6-8,10H,4-5H2,1-3H3,(H,18,19). The number of hydrogen-bond acceptors (Lipinski definition) is 3. The first-order valence-corrected chi connectivity index (χ1v) is 6.93. The molecule has 6 heteroatoms. The molecular weight excluding hydrogens is 278 g/mol. The van der Waals surface area contributed by atoms with Crippen LogP contribution < -0.4 is 0 Å². The molecule has 1 N–H and O–H groups in total. The van der Waals surface area contributed by atoms with E-state index < -0.39 is 23.5 Å². The Labute approximate surface area is 121 Å². The third-order valence-electron chi connectivity index (χ3n) is 3.13. The summed E-state index contributed by atoms with van der Waals surface area (Å²) in [5, 5.41) is 0.